The summed E-state index contributed by atoms with van der Waals surface area (Å²) >= 11 is 1.06. The topological polar surface area (TPSA) is 144 Å². The van der Waals surface area contributed by atoms with Crippen molar-refractivity contribution in [1.29, 1.82) is 0 Å². The number of aromatic hydroxyl groups is 1. The molecule has 0 saturated carbocycles. The molecule has 4 aromatic rings. The molecule has 0 amide bonds. The molecule has 1 aromatic heterocycles. The second-order valence-electron chi connectivity index (χ2n) is 5.79. The molecule has 0 bridgehead atoms. The highest BCUT2D eigenvalue weighted by molar-refractivity contribution is 7.89. The molecule has 10 heteroatoms. The highest BCUT2D eigenvalue weighted by Crippen LogP contribution is 2.40. The summed E-state index contributed by atoms with van der Waals surface area (Å²) < 4.78 is 27.3. The highest BCUT2D eigenvalue weighted by atomic mass is 32.2. The number of hydrogen-bond acceptors (Lipinski definition) is 8. The molecule has 27 heavy (non-hydrogen) atoms. The van der Waals surface area contributed by atoms with Gasteiger partial charge in [-0.05, 0) is 35.8 Å². The molecule has 1 heterocycles. The summed E-state index contributed by atoms with van der Waals surface area (Å²) in [7, 11) is -3.84. The first-order valence-corrected chi connectivity index (χ1v) is 10.0. The van der Waals surface area contributed by atoms with Crippen molar-refractivity contribution in [3.63, 3.8) is 0 Å². The largest absolute Gasteiger partial charge is 0.505 e. The van der Waals surface area contributed by atoms with Gasteiger partial charge in [-0.25, -0.2) is 13.6 Å². The minimum atomic E-state index is -3.84. The van der Waals surface area contributed by atoms with Gasteiger partial charge >= 0.3 is 0 Å². The number of rotatable bonds is 3. The minimum Gasteiger partial charge on any atom is -0.505 e. The first kappa shape index (κ1) is 17.3. The molecule has 0 aliphatic rings. The number of azo groups is 1. The van der Waals surface area contributed by atoms with Gasteiger partial charge in [0.15, 0.2) is 10.8 Å². The number of phenols is 1. The molecule has 0 radical (unpaired) electrons. The van der Waals surface area contributed by atoms with Gasteiger partial charge < -0.3 is 10.8 Å². The molecule has 5 N–H and O–H groups in total. The molecule has 4 rings (SSSR count). The Hall–Kier alpha value is -3.08. The molecular formula is C17H13N5O3S2. The van der Waals surface area contributed by atoms with Gasteiger partial charge in [0.05, 0.1) is 10.4 Å². The normalized spacial score (nSPS) is 12.3. The van der Waals surface area contributed by atoms with Crippen LogP contribution in [0.4, 0.5) is 16.4 Å². The molecule has 0 aliphatic heterocycles. The number of aromatic nitrogens is 1. The number of anilines is 1. The summed E-state index contributed by atoms with van der Waals surface area (Å²) in [6.07, 6.45) is 0. The predicted octanol–water partition coefficient (Wildman–Crippen LogP) is 3.80. The molecule has 8 nitrogen and oxygen atoms in total. The van der Waals surface area contributed by atoms with Crippen molar-refractivity contribution >= 4 is 59.6 Å². The van der Waals surface area contributed by atoms with Crippen LogP contribution in [0.5, 0.6) is 5.75 Å². The van der Waals surface area contributed by atoms with Crippen molar-refractivity contribution < 1.29 is 13.5 Å². The maximum atomic E-state index is 11.6. The maximum Gasteiger partial charge on any atom is 0.238 e. The van der Waals surface area contributed by atoms with E-state index in [-0.39, 0.29) is 16.3 Å². The number of phenolic OH excluding ortho intramolecular Hbond substituents is 1. The third-order valence-electron chi connectivity index (χ3n) is 4.03. The van der Waals surface area contributed by atoms with Gasteiger partial charge in [0.1, 0.15) is 5.69 Å². The average Bonchev–Trinajstić information content (AvgIpc) is 3.05. The zero-order chi connectivity index (χ0) is 19.2. The number of benzene rings is 3. The van der Waals surface area contributed by atoms with E-state index in [2.05, 4.69) is 14.6 Å². The molecule has 136 valence electrons. The number of nitrogens with zero attached hydrogens (tertiary/aromatic N) is 3. The van der Waals surface area contributed by atoms with Gasteiger partial charge in [-0.15, -0.1) is 10.2 Å². The second kappa shape index (κ2) is 6.27. The predicted molar refractivity (Wildman–Crippen MR) is 105 cm³/mol. The summed E-state index contributed by atoms with van der Waals surface area (Å²) in [5.74, 6) is -0.0393. The first-order chi connectivity index (χ1) is 12.8. The fourth-order valence-corrected chi connectivity index (χ4v) is 3.93. The van der Waals surface area contributed by atoms with Crippen LogP contribution in [-0.4, -0.2) is 17.9 Å². The Labute approximate surface area is 158 Å². The Balaban J connectivity index is 1.82. The van der Waals surface area contributed by atoms with Crippen LogP contribution < -0.4 is 10.9 Å². The van der Waals surface area contributed by atoms with E-state index in [0.29, 0.717) is 27.0 Å². The molecule has 0 saturated heterocycles. The molecule has 0 aliphatic carbocycles. The van der Waals surface area contributed by atoms with E-state index in [4.69, 9.17) is 10.9 Å². The van der Waals surface area contributed by atoms with Crippen molar-refractivity contribution in [2.24, 2.45) is 15.4 Å². The maximum absolute atomic E-state index is 11.6. The number of hydrogen-bond donors (Lipinski definition) is 3. The smallest absolute Gasteiger partial charge is 0.238 e. The number of nitrogens with two attached hydrogens (primary N) is 2. The van der Waals surface area contributed by atoms with Crippen molar-refractivity contribution in [3.05, 3.63) is 48.5 Å². The van der Waals surface area contributed by atoms with Gasteiger partial charge in [-0.1, -0.05) is 24.3 Å². The van der Waals surface area contributed by atoms with Crippen LogP contribution in [0.1, 0.15) is 0 Å². The Kier molecular flexibility index (Phi) is 4.02. The van der Waals surface area contributed by atoms with E-state index < -0.39 is 10.0 Å². The lowest BCUT2D eigenvalue weighted by Crippen LogP contribution is -2.11. The molecule has 0 spiro atoms. The van der Waals surface area contributed by atoms with Crippen molar-refractivity contribution in [1.82, 2.24) is 4.37 Å². The Morgan fingerprint density at radius 2 is 1.74 bits per heavy atom. The van der Waals surface area contributed by atoms with E-state index in [1.165, 1.54) is 18.2 Å². The minimum absolute atomic E-state index is 0.0375. The van der Waals surface area contributed by atoms with Gasteiger partial charge in [0.2, 0.25) is 10.0 Å². The van der Waals surface area contributed by atoms with E-state index in [1.807, 2.05) is 6.07 Å². The fraction of sp³-hybridized carbons (Fsp3) is 0. The number of nitrogen functional groups attached to an aromatic ring is 1. The van der Waals surface area contributed by atoms with E-state index in [9.17, 15) is 13.5 Å². The first-order valence-electron chi connectivity index (χ1n) is 7.69. The van der Waals surface area contributed by atoms with Crippen LogP contribution in [0, 0.1) is 0 Å². The third kappa shape index (κ3) is 3.10. The van der Waals surface area contributed by atoms with Gasteiger partial charge in [0.25, 0.3) is 0 Å². The van der Waals surface area contributed by atoms with Gasteiger partial charge in [-0.2, -0.15) is 4.37 Å². The van der Waals surface area contributed by atoms with Gasteiger partial charge in [-0.3, -0.25) is 0 Å². The lowest BCUT2D eigenvalue weighted by Gasteiger charge is -2.06. The Bertz CT molecular complexity index is 1330. The van der Waals surface area contributed by atoms with Crippen molar-refractivity contribution in [2.75, 3.05) is 5.73 Å². The van der Waals surface area contributed by atoms with Crippen LogP contribution in [0.15, 0.2) is 63.7 Å². The summed E-state index contributed by atoms with van der Waals surface area (Å²) in [6, 6.07) is 13.0. The summed E-state index contributed by atoms with van der Waals surface area (Å²) in [5, 5.41) is 26.0. The van der Waals surface area contributed by atoms with Crippen LogP contribution >= 0.6 is 11.5 Å². The SMILES string of the molecule is Nc1cc(N=Nc2snc3ccc(S(N)(=O)=O)cc23)c(O)c2ccccc12. The summed E-state index contributed by atoms with van der Waals surface area (Å²) in [6.45, 7) is 0. The standard InChI is InChI=1S/C17H13N5O3S2/c18-13-8-15(16(23)11-4-2-1-3-10(11)13)20-21-17-12-7-9(27(19,24)25)5-6-14(12)22-26-17/h1-8,23H,18H2,(H2,19,24,25). The molecule has 0 atom stereocenters. The number of sulfonamides is 1. The van der Waals surface area contributed by atoms with E-state index in [0.717, 1.165) is 16.9 Å². The van der Waals surface area contributed by atoms with Crippen LogP contribution in [0.3, 0.4) is 0 Å². The lowest BCUT2D eigenvalue weighted by atomic mass is 10.1. The molecule has 3 aromatic carbocycles. The van der Waals surface area contributed by atoms with Crippen molar-refractivity contribution in [3.8, 4) is 5.75 Å². The lowest BCUT2D eigenvalue weighted by molar-refractivity contribution is 0.482. The van der Waals surface area contributed by atoms with E-state index in [1.54, 1.807) is 24.3 Å². The number of fused-ring (bicyclic) bond motifs is 2. The zero-order valence-corrected chi connectivity index (χ0v) is 15.3. The molecule has 0 unspecified atom stereocenters. The van der Waals surface area contributed by atoms with Crippen LogP contribution in [-0.2, 0) is 10.0 Å². The Morgan fingerprint density at radius 3 is 2.48 bits per heavy atom. The zero-order valence-electron chi connectivity index (χ0n) is 13.7. The average molecular weight is 399 g/mol. The fourth-order valence-electron chi connectivity index (χ4n) is 2.70. The number of primary sulfonamides is 1. The van der Waals surface area contributed by atoms with Crippen LogP contribution in [0.25, 0.3) is 21.7 Å². The monoisotopic (exact) mass is 399 g/mol. The quantitative estimate of drug-likeness (QED) is 0.273. The van der Waals surface area contributed by atoms with Gasteiger partial charge in [0, 0.05) is 21.8 Å². The third-order valence-corrected chi connectivity index (χ3v) is 5.71. The second-order valence-corrected chi connectivity index (χ2v) is 8.10. The van der Waals surface area contributed by atoms with Crippen LogP contribution in [0.2, 0.25) is 0 Å². The van der Waals surface area contributed by atoms with Crippen molar-refractivity contribution in [2.45, 2.75) is 4.90 Å². The Morgan fingerprint density at radius 1 is 1.00 bits per heavy atom. The summed E-state index contributed by atoms with van der Waals surface area (Å²) in [5.41, 5.74) is 7.27. The van der Waals surface area contributed by atoms with E-state index >= 15 is 0 Å². The summed E-state index contributed by atoms with van der Waals surface area (Å²) in [4.78, 5) is -0.0375. The molecule has 0 fully saturated rings. The molecular weight excluding hydrogens is 386 g/mol. The highest BCUT2D eigenvalue weighted by Gasteiger charge is 2.13.